The maximum absolute atomic E-state index is 11.9. The average molecular weight is 314 g/mol. The topological polar surface area (TPSA) is 84.5 Å². The lowest BCUT2D eigenvalue weighted by molar-refractivity contribution is 0.0922. The molecule has 1 rings (SSSR count). The van der Waals surface area contributed by atoms with Crippen molar-refractivity contribution in [2.75, 3.05) is 30.2 Å². The van der Waals surface area contributed by atoms with Gasteiger partial charge in [-0.1, -0.05) is 13.0 Å². The smallest absolute Gasteiger partial charge is 0.251 e. The van der Waals surface area contributed by atoms with E-state index >= 15 is 0 Å². The quantitative estimate of drug-likeness (QED) is 0.678. The standard InChI is InChI=1S/C14H22N2O4S/c1-3-10-21(18,19)16-13-7-5-6-12(11-13)14(17)15-8-9-20-4-2/h5-7,11,16H,3-4,8-10H2,1-2H3,(H,15,17). The highest BCUT2D eigenvalue weighted by molar-refractivity contribution is 7.92. The number of rotatable bonds is 9. The zero-order chi connectivity index (χ0) is 15.7. The van der Waals surface area contributed by atoms with Crippen molar-refractivity contribution in [3.63, 3.8) is 0 Å². The van der Waals surface area contributed by atoms with Crippen molar-refractivity contribution in [1.82, 2.24) is 5.32 Å². The van der Waals surface area contributed by atoms with Crippen LogP contribution in [0.5, 0.6) is 0 Å². The van der Waals surface area contributed by atoms with Gasteiger partial charge in [0.15, 0.2) is 0 Å². The molecule has 1 aromatic carbocycles. The number of ether oxygens (including phenoxy) is 1. The highest BCUT2D eigenvalue weighted by atomic mass is 32.2. The van der Waals surface area contributed by atoms with Crippen LogP contribution in [0.2, 0.25) is 0 Å². The summed E-state index contributed by atoms with van der Waals surface area (Å²) in [6, 6.07) is 6.41. The summed E-state index contributed by atoms with van der Waals surface area (Å²) >= 11 is 0. The van der Waals surface area contributed by atoms with Crippen LogP contribution in [0.15, 0.2) is 24.3 Å². The Kier molecular flexibility index (Phi) is 7.18. The van der Waals surface area contributed by atoms with Crippen molar-refractivity contribution in [1.29, 1.82) is 0 Å². The number of anilines is 1. The highest BCUT2D eigenvalue weighted by Crippen LogP contribution is 2.12. The first kappa shape index (κ1) is 17.5. The number of nitrogens with one attached hydrogen (secondary N) is 2. The molecule has 118 valence electrons. The molecule has 1 aromatic rings. The van der Waals surface area contributed by atoms with Gasteiger partial charge in [-0.05, 0) is 31.5 Å². The van der Waals surface area contributed by atoms with E-state index in [1.165, 1.54) is 6.07 Å². The second kappa shape index (κ2) is 8.63. The van der Waals surface area contributed by atoms with E-state index in [-0.39, 0.29) is 11.7 Å². The zero-order valence-electron chi connectivity index (χ0n) is 12.4. The summed E-state index contributed by atoms with van der Waals surface area (Å²) in [5.74, 6) is -0.205. The third-order valence-electron chi connectivity index (χ3n) is 2.61. The molecule has 0 aliphatic rings. The van der Waals surface area contributed by atoms with Crippen molar-refractivity contribution in [3.05, 3.63) is 29.8 Å². The van der Waals surface area contributed by atoms with Crippen LogP contribution in [-0.2, 0) is 14.8 Å². The molecule has 0 spiro atoms. The molecule has 6 nitrogen and oxygen atoms in total. The third kappa shape index (κ3) is 6.59. The van der Waals surface area contributed by atoms with Gasteiger partial charge in [0.1, 0.15) is 0 Å². The fraction of sp³-hybridized carbons (Fsp3) is 0.500. The lowest BCUT2D eigenvalue weighted by Gasteiger charge is -2.09. The van der Waals surface area contributed by atoms with Crippen molar-refractivity contribution < 1.29 is 17.9 Å². The van der Waals surface area contributed by atoms with E-state index in [4.69, 9.17) is 4.74 Å². The normalized spacial score (nSPS) is 11.1. The number of carbonyl (C=O) groups excluding carboxylic acids is 1. The van der Waals surface area contributed by atoms with E-state index in [1.807, 2.05) is 6.92 Å². The van der Waals surface area contributed by atoms with Gasteiger partial charge in [0, 0.05) is 24.4 Å². The van der Waals surface area contributed by atoms with Gasteiger partial charge < -0.3 is 10.1 Å². The van der Waals surface area contributed by atoms with Crippen molar-refractivity contribution >= 4 is 21.6 Å². The number of benzene rings is 1. The van der Waals surface area contributed by atoms with Crippen LogP contribution in [0.3, 0.4) is 0 Å². The summed E-state index contributed by atoms with van der Waals surface area (Å²) in [7, 11) is -3.35. The Balaban J connectivity index is 2.65. The second-order valence-electron chi connectivity index (χ2n) is 4.45. The number of hydrogen-bond donors (Lipinski definition) is 2. The molecule has 21 heavy (non-hydrogen) atoms. The van der Waals surface area contributed by atoms with Crippen molar-refractivity contribution in [3.8, 4) is 0 Å². The van der Waals surface area contributed by atoms with Crippen LogP contribution in [0, 0.1) is 0 Å². The first-order valence-electron chi connectivity index (χ1n) is 6.95. The molecule has 0 aliphatic heterocycles. The number of amides is 1. The van der Waals surface area contributed by atoms with Crippen LogP contribution >= 0.6 is 0 Å². The van der Waals surface area contributed by atoms with Gasteiger partial charge >= 0.3 is 0 Å². The van der Waals surface area contributed by atoms with Crippen LogP contribution in [-0.4, -0.2) is 39.8 Å². The minimum absolute atomic E-state index is 0.0534. The first-order valence-corrected chi connectivity index (χ1v) is 8.60. The first-order chi connectivity index (χ1) is 9.98. The Hall–Kier alpha value is -1.60. The van der Waals surface area contributed by atoms with Crippen molar-refractivity contribution in [2.45, 2.75) is 20.3 Å². The summed E-state index contributed by atoms with van der Waals surface area (Å²) in [6.45, 7) is 5.14. The monoisotopic (exact) mass is 314 g/mol. The lowest BCUT2D eigenvalue weighted by atomic mass is 10.2. The molecule has 0 fully saturated rings. The number of carbonyl (C=O) groups is 1. The molecular formula is C14H22N2O4S. The van der Waals surface area contributed by atoms with E-state index in [1.54, 1.807) is 25.1 Å². The molecule has 0 radical (unpaired) electrons. The lowest BCUT2D eigenvalue weighted by Crippen LogP contribution is -2.27. The number of hydrogen-bond acceptors (Lipinski definition) is 4. The van der Waals surface area contributed by atoms with Gasteiger partial charge in [-0.2, -0.15) is 0 Å². The summed E-state index contributed by atoms with van der Waals surface area (Å²) in [4.78, 5) is 11.9. The summed E-state index contributed by atoms with van der Waals surface area (Å²) in [5, 5.41) is 2.71. The molecule has 7 heteroatoms. The average Bonchev–Trinajstić information content (AvgIpc) is 2.43. The van der Waals surface area contributed by atoms with Gasteiger partial charge in [-0.25, -0.2) is 8.42 Å². The van der Waals surface area contributed by atoms with E-state index in [9.17, 15) is 13.2 Å². The molecule has 0 atom stereocenters. The largest absolute Gasteiger partial charge is 0.380 e. The maximum Gasteiger partial charge on any atom is 0.251 e. The molecule has 2 N–H and O–H groups in total. The van der Waals surface area contributed by atoms with Gasteiger partial charge in [0.25, 0.3) is 5.91 Å². The summed E-state index contributed by atoms with van der Waals surface area (Å²) in [5.41, 5.74) is 0.795. The zero-order valence-corrected chi connectivity index (χ0v) is 13.2. The minimum atomic E-state index is -3.35. The molecule has 0 unspecified atom stereocenters. The van der Waals surface area contributed by atoms with Gasteiger partial charge in [0.05, 0.1) is 12.4 Å². The fourth-order valence-electron chi connectivity index (χ4n) is 1.71. The van der Waals surface area contributed by atoms with Crippen LogP contribution in [0.4, 0.5) is 5.69 Å². The Morgan fingerprint density at radius 2 is 2.05 bits per heavy atom. The maximum atomic E-state index is 11.9. The molecule has 0 bridgehead atoms. The van der Waals surface area contributed by atoms with Crippen LogP contribution < -0.4 is 10.0 Å². The molecule has 1 amide bonds. The predicted molar refractivity (Wildman–Crippen MR) is 83.0 cm³/mol. The van der Waals surface area contributed by atoms with E-state index in [0.717, 1.165) is 0 Å². The van der Waals surface area contributed by atoms with Gasteiger partial charge in [-0.3, -0.25) is 9.52 Å². The summed E-state index contributed by atoms with van der Waals surface area (Å²) < 4.78 is 31.0. The Labute approximate surface area is 125 Å². The Morgan fingerprint density at radius 1 is 1.29 bits per heavy atom. The van der Waals surface area contributed by atoms with E-state index < -0.39 is 10.0 Å². The SMILES string of the molecule is CCCS(=O)(=O)Nc1cccc(C(=O)NCCOCC)c1. The fourth-order valence-corrected chi connectivity index (χ4v) is 2.83. The van der Waals surface area contributed by atoms with Gasteiger partial charge in [0.2, 0.25) is 10.0 Å². The Morgan fingerprint density at radius 3 is 2.71 bits per heavy atom. The third-order valence-corrected chi connectivity index (χ3v) is 4.10. The second-order valence-corrected chi connectivity index (χ2v) is 6.30. The predicted octanol–water partition coefficient (Wildman–Crippen LogP) is 1.60. The molecule has 0 aliphatic carbocycles. The van der Waals surface area contributed by atoms with Crippen molar-refractivity contribution in [2.24, 2.45) is 0 Å². The molecule has 0 heterocycles. The van der Waals surface area contributed by atoms with Gasteiger partial charge in [-0.15, -0.1) is 0 Å². The van der Waals surface area contributed by atoms with Crippen LogP contribution in [0.25, 0.3) is 0 Å². The Bertz CT molecular complexity index is 558. The molecular weight excluding hydrogens is 292 g/mol. The molecule has 0 saturated carbocycles. The molecule has 0 saturated heterocycles. The summed E-state index contributed by atoms with van der Waals surface area (Å²) in [6.07, 6.45) is 0.535. The molecule has 0 aromatic heterocycles. The number of sulfonamides is 1. The van der Waals surface area contributed by atoms with E-state index in [2.05, 4.69) is 10.0 Å². The van der Waals surface area contributed by atoms with Crippen LogP contribution in [0.1, 0.15) is 30.6 Å². The highest BCUT2D eigenvalue weighted by Gasteiger charge is 2.11. The van der Waals surface area contributed by atoms with E-state index in [0.29, 0.717) is 37.4 Å². The minimum Gasteiger partial charge on any atom is -0.380 e.